The van der Waals surface area contributed by atoms with Crippen molar-refractivity contribution in [3.8, 4) is 0 Å². The van der Waals surface area contributed by atoms with Crippen LogP contribution in [0.3, 0.4) is 0 Å². The number of carbonyl (C=O) groups excluding carboxylic acids is 2. The number of aromatic nitrogens is 1. The number of pyridine rings is 1. The monoisotopic (exact) mass is 412 g/mol. The minimum atomic E-state index is -0.523. The summed E-state index contributed by atoms with van der Waals surface area (Å²) in [5.41, 5.74) is 2.70. The maximum Gasteiger partial charge on any atom is 0.259 e. The lowest BCUT2D eigenvalue weighted by molar-refractivity contribution is -0.129. The standard InChI is InChI=1S/C22H25ClN4O2/c1-14(28)26-8-6-16(7-9-26)25-17-11-18(13-24-12-17)27-21(29)19-5-4-15(23)10-20(19)22(27,2)3/h4-5,10-13,16,25H,6-9H2,1-3H3. The summed E-state index contributed by atoms with van der Waals surface area (Å²) in [4.78, 5) is 32.7. The van der Waals surface area contributed by atoms with Gasteiger partial charge >= 0.3 is 0 Å². The van der Waals surface area contributed by atoms with Crippen LogP contribution >= 0.6 is 11.6 Å². The van der Waals surface area contributed by atoms with Crippen LogP contribution in [0.1, 0.15) is 49.5 Å². The summed E-state index contributed by atoms with van der Waals surface area (Å²) in [5, 5.41) is 4.14. The van der Waals surface area contributed by atoms with Crippen LogP contribution < -0.4 is 10.2 Å². The maximum absolute atomic E-state index is 13.1. The van der Waals surface area contributed by atoms with E-state index in [1.165, 1.54) is 0 Å². The van der Waals surface area contributed by atoms with E-state index in [0.29, 0.717) is 10.6 Å². The molecule has 3 heterocycles. The molecular formula is C22H25ClN4O2. The highest BCUT2D eigenvalue weighted by molar-refractivity contribution is 6.31. The smallest absolute Gasteiger partial charge is 0.259 e. The Hall–Kier alpha value is -2.60. The molecule has 0 unspecified atom stereocenters. The molecule has 2 amide bonds. The summed E-state index contributed by atoms with van der Waals surface area (Å²) in [5.74, 6) is 0.0805. The quantitative estimate of drug-likeness (QED) is 0.825. The van der Waals surface area contributed by atoms with Gasteiger partial charge in [0.1, 0.15) is 0 Å². The topological polar surface area (TPSA) is 65.5 Å². The molecule has 6 nitrogen and oxygen atoms in total. The van der Waals surface area contributed by atoms with Crippen molar-refractivity contribution in [3.05, 3.63) is 52.8 Å². The van der Waals surface area contributed by atoms with Crippen LogP contribution in [-0.2, 0) is 10.3 Å². The minimum Gasteiger partial charge on any atom is -0.381 e. The Balaban J connectivity index is 1.55. The van der Waals surface area contributed by atoms with Gasteiger partial charge in [0.15, 0.2) is 0 Å². The van der Waals surface area contributed by atoms with Crippen LogP contribution in [0, 0.1) is 0 Å². The van der Waals surface area contributed by atoms with Crippen molar-refractivity contribution in [2.45, 2.75) is 45.2 Å². The zero-order valence-electron chi connectivity index (χ0n) is 16.9. The van der Waals surface area contributed by atoms with Gasteiger partial charge in [-0.1, -0.05) is 11.6 Å². The molecule has 0 saturated carbocycles. The Morgan fingerprint density at radius 2 is 1.93 bits per heavy atom. The van der Waals surface area contributed by atoms with Crippen LogP contribution in [0.15, 0.2) is 36.7 Å². The third-order valence-corrected chi connectivity index (χ3v) is 6.16. The highest BCUT2D eigenvalue weighted by atomic mass is 35.5. The second kappa shape index (κ2) is 7.34. The van der Waals surface area contributed by atoms with E-state index < -0.39 is 5.54 Å². The van der Waals surface area contributed by atoms with E-state index in [1.807, 2.05) is 30.9 Å². The zero-order chi connectivity index (χ0) is 20.8. The van der Waals surface area contributed by atoms with E-state index in [9.17, 15) is 9.59 Å². The van der Waals surface area contributed by atoms with Crippen LogP contribution in [0.2, 0.25) is 5.02 Å². The zero-order valence-corrected chi connectivity index (χ0v) is 17.7. The van der Waals surface area contributed by atoms with E-state index in [0.717, 1.165) is 42.9 Å². The van der Waals surface area contributed by atoms with Crippen LogP contribution in [-0.4, -0.2) is 40.8 Å². The highest BCUT2D eigenvalue weighted by Gasteiger charge is 2.44. The third kappa shape index (κ3) is 3.57. The first-order chi connectivity index (χ1) is 13.8. The predicted molar refractivity (Wildman–Crippen MR) is 114 cm³/mol. The normalized spacial score (nSPS) is 18.7. The molecule has 1 N–H and O–H groups in total. The Labute approximate surface area is 175 Å². The number of hydrogen-bond donors (Lipinski definition) is 1. The second-order valence-electron chi connectivity index (χ2n) is 8.25. The number of nitrogens with one attached hydrogen (secondary N) is 1. The highest BCUT2D eigenvalue weighted by Crippen LogP contribution is 2.43. The van der Waals surface area contributed by atoms with Crippen molar-refractivity contribution in [1.29, 1.82) is 0 Å². The largest absolute Gasteiger partial charge is 0.381 e. The summed E-state index contributed by atoms with van der Waals surface area (Å²) < 4.78 is 0. The molecule has 1 aromatic heterocycles. The Morgan fingerprint density at radius 3 is 2.62 bits per heavy atom. The molecule has 1 saturated heterocycles. The molecule has 0 aliphatic carbocycles. The molecule has 2 aliphatic rings. The average Bonchev–Trinajstić information content (AvgIpc) is 2.87. The summed E-state index contributed by atoms with van der Waals surface area (Å²) in [7, 11) is 0. The average molecular weight is 413 g/mol. The van der Waals surface area contributed by atoms with Crippen LogP contribution in [0.4, 0.5) is 11.4 Å². The molecule has 1 aromatic carbocycles. The van der Waals surface area contributed by atoms with Gasteiger partial charge in [0, 0.05) is 36.6 Å². The first-order valence-electron chi connectivity index (χ1n) is 9.89. The lowest BCUT2D eigenvalue weighted by Gasteiger charge is -2.34. The lowest BCUT2D eigenvalue weighted by atomic mass is 9.93. The Morgan fingerprint density at radius 1 is 1.21 bits per heavy atom. The van der Waals surface area contributed by atoms with E-state index in [2.05, 4.69) is 10.3 Å². The first kappa shape index (κ1) is 19.7. The van der Waals surface area contributed by atoms with Gasteiger partial charge in [-0.2, -0.15) is 0 Å². The van der Waals surface area contributed by atoms with Gasteiger partial charge in [-0.3, -0.25) is 19.5 Å². The van der Waals surface area contributed by atoms with E-state index in [1.54, 1.807) is 36.4 Å². The molecule has 0 bridgehead atoms. The molecule has 0 atom stereocenters. The van der Waals surface area contributed by atoms with Crippen molar-refractivity contribution in [2.75, 3.05) is 23.3 Å². The molecule has 1 fully saturated rings. The van der Waals surface area contributed by atoms with Crippen molar-refractivity contribution < 1.29 is 9.59 Å². The molecule has 7 heteroatoms. The fourth-order valence-corrected chi connectivity index (χ4v) is 4.52. The number of benzene rings is 1. The van der Waals surface area contributed by atoms with Crippen molar-refractivity contribution in [2.24, 2.45) is 0 Å². The van der Waals surface area contributed by atoms with Gasteiger partial charge in [0.05, 0.1) is 29.3 Å². The number of fused-ring (bicyclic) bond motifs is 1. The summed E-state index contributed by atoms with van der Waals surface area (Å²) >= 11 is 6.18. The number of likely N-dealkylation sites (tertiary alicyclic amines) is 1. The third-order valence-electron chi connectivity index (χ3n) is 5.93. The van der Waals surface area contributed by atoms with Crippen molar-refractivity contribution >= 4 is 34.8 Å². The fraction of sp³-hybridized carbons (Fsp3) is 0.409. The number of halogens is 1. The van der Waals surface area contributed by atoms with Gasteiger partial charge in [0.2, 0.25) is 5.91 Å². The van der Waals surface area contributed by atoms with Gasteiger partial charge in [-0.15, -0.1) is 0 Å². The SMILES string of the molecule is CC(=O)N1CCC(Nc2cncc(N3C(=O)c4ccc(Cl)cc4C3(C)C)c2)CC1. The molecule has 0 radical (unpaired) electrons. The number of piperidine rings is 1. The lowest BCUT2D eigenvalue weighted by Crippen LogP contribution is -2.41. The van der Waals surface area contributed by atoms with Gasteiger partial charge in [0.25, 0.3) is 5.91 Å². The molecule has 2 aromatic rings. The predicted octanol–water partition coefficient (Wildman–Crippen LogP) is 4.05. The Bertz CT molecular complexity index is 967. The second-order valence-corrected chi connectivity index (χ2v) is 8.68. The molecule has 0 spiro atoms. The van der Waals surface area contributed by atoms with Gasteiger partial charge < -0.3 is 10.2 Å². The van der Waals surface area contributed by atoms with Crippen LogP contribution in [0.5, 0.6) is 0 Å². The van der Waals surface area contributed by atoms with Gasteiger partial charge in [-0.05, 0) is 56.5 Å². The number of amides is 2. The maximum atomic E-state index is 13.1. The van der Waals surface area contributed by atoms with Crippen LogP contribution in [0.25, 0.3) is 0 Å². The Kier molecular flexibility index (Phi) is 4.99. The summed E-state index contributed by atoms with van der Waals surface area (Å²) in [6.07, 6.45) is 5.28. The molecule has 152 valence electrons. The molecule has 29 heavy (non-hydrogen) atoms. The summed E-state index contributed by atoms with van der Waals surface area (Å²) in [6, 6.07) is 7.66. The van der Waals surface area contributed by atoms with Crippen molar-refractivity contribution in [3.63, 3.8) is 0 Å². The van der Waals surface area contributed by atoms with Crippen molar-refractivity contribution in [1.82, 2.24) is 9.88 Å². The first-order valence-corrected chi connectivity index (χ1v) is 10.3. The molecule has 4 rings (SSSR count). The number of carbonyl (C=O) groups is 2. The van der Waals surface area contributed by atoms with E-state index >= 15 is 0 Å². The number of anilines is 2. The van der Waals surface area contributed by atoms with Gasteiger partial charge in [-0.25, -0.2) is 0 Å². The molecular weight excluding hydrogens is 388 g/mol. The van der Waals surface area contributed by atoms with E-state index in [-0.39, 0.29) is 17.9 Å². The van der Waals surface area contributed by atoms with E-state index in [4.69, 9.17) is 11.6 Å². The fourth-order valence-electron chi connectivity index (χ4n) is 4.35. The minimum absolute atomic E-state index is 0.0459. The summed E-state index contributed by atoms with van der Waals surface area (Å²) in [6.45, 7) is 7.16. The number of hydrogen-bond acceptors (Lipinski definition) is 4. The number of nitrogens with zero attached hydrogens (tertiary/aromatic N) is 3. The number of rotatable bonds is 3. The molecule has 2 aliphatic heterocycles.